The molecular weight excluding hydrogens is 772 g/mol. The van der Waals surface area contributed by atoms with Crippen molar-refractivity contribution in [1.82, 2.24) is 20.0 Å². The van der Waals surface area contributed by atoms with Gasteiger partial charge in [0.25, 0.3) is 5.91 Å². The number of carbonyl (C=O) groups is 3. The quantitative estimate of drug-likeness (QED) is 0.133. The number of aromatic hydroxyl groups is 1. The number of benzene rings is 4. The standard InChI is InChI=1S/C41H39BrN4O7S/c42-28-3-1-26(2-4-28)39-38(34-11-5-29(47)24-36(34)54-39)53-31-8-6-30(7-9-31)51-21-19-44-15-17-45(18-16-44)20-22-52-32-10-12-33-27(23-32)25-46(41(33)50)35-13-14-37(48)43-40(35)49/h1-12,23-24,35,47H,13-22,25H2,(H,43,48,49). The summed E-state index contributed by atoms with van der Waals surface area (Å²) in [5, 5.41) is 13.4. The van der Waals surface area contributed by atoms with Gasteiger partial charge in [-0.25, -0.2) is 0 Å². The van der Waals surface area contributed by atoms with Gasteiger partial charge in [-0.15, -0.1) is 11.3 Å². The molecule has 2 saturated heterocycles. The van der Waals surface area contributed by atoms with Crippen LogP contribution < -0.4 is 19.5 Å². The number of rotatable bonds is 12. The first kappa shape index (κ1) is 36.0. The average Bonchev–Trinajstić information content (AvgIpc) is 3.69. The van der Waals surface area contributed by atoms with Crippen molar-refractivity contribution < 1.29 is 33.7 Å². The molecule has 3 aliphatic heterocycles. The Bertz CT molecular complexity index is 2180. The number of piperidine rings is 1. The van der Waals surface area contributed by atoms with E-state index in [0.717, 1.165) is 81.3 Å². The molecule has 54 heavy (non-hydrogen) atoms. The SMILES string of the molecule is O=C1CCC(N2Cc3cc(OCCN4CCN(CCOc5ccc(Oc6c(-c7ccc(Br)cc7)sc7cc(O)ccc67)cc5)CC4)ccc3C2=O)C(=O)N1. The van der Waals surface area contributed by atoms with Crippen LogP contribution in [0, 0.1) is 0 Å². The van der Waals surface area contributed by atoms with Crippen LogP contribution in [-0.2, 0) is 16.1 Å². The Morgan fingerprint density at radius 1 is 0.796 bits per heavy atom. The first-order valence-corrected chi connectivity index (χ1v) is 19.7. The molecule has 4 aromatic carbocycles. The highest BCUT2D eigenvalue weighted by atomic mass is 79.9. The molecule has 278 valence electrons. The molecule has 1 unspecified atom stereocenters. The molecule has 4 heterocycles. The summed E-state index contributed by atoms with van der Waals surface area (Å²) in [6.45, 7) is 6.84. The van der Waals surface area contributed by atoms with E-state index in [1.54, 1.807) is 34.4 Å². The van der Waals surface area contributed by atoms with E-state index in [1.807, 2.05) is 54.6 Å². The molecule has 11 nitrogen and oxygen atoms in total. The van der Waals surface area contributed by atoms with Crippen LogP contribution in [-0.4, -0.2) is 96.1 Å². The Labute approximate surface area is 325 Å². The number of amides is 3. The molecule has 3 amide bonds. The molecule has 0 radical (unpaired) electrons. The van der Waals surface area contributed by atoms with Crippen LogP contribution >= 0.6 is 27.3 Å². The largest absolute Gasteiger partial charge is 0.508 e. The minimum absolute atomic E-state index is 0.184. The molecule has 0 spiro atoms. The fraction of sp³-hybridized carbons (Fsp3) is 0.293. The van der Waals surface area contributed by atoms with E-state index in [0.29, 0.717) is 43.2 Å². The van der Waals surface area contributed by atoms with Crippen molar-refractivity contribution in [2.75, 3.05) is 52.5 Å². The molecule has 1 aromatic heterocycles. The van der Waals surface area contributed by atoms with Crippen LogP contribution in [0.15, 0.2) is 89.4 Å². The number of hydrogen-bond donors (Lipinski definition) is 2. The summed E-state index contributed by atoms with van der Waals surface area (Å²) in [4.78, 5) is 44.2. The Kier molecular flexibility index (Phi) is 10.5. The number of nitrogens with one attached hydrogen (secondary N) is 1. The van der Waals surface area contributed by atoms with Gasteiger partial charge in [0.05, 0.1) is 4.88 Å². The smallest absolute Gasteiger partial charge is 0.255 e. The maximum absolute atomic E-state index is 13.0. The van der Waals surface area contributed by atoms with E-state index in [9.17, 15) is 19.5 Å². The number of thiophene rings is 1. The fourth-order valence-electron chi connectivity index (χ4n) is 7.14. The zero-order valence-electron chi connectivity index (χ0n) is 29.5. The summed E-state index contributed by atoms with van der Waals surface area (Å²) in [6.07, 6.45) is 0.578. The van der Waals surface area contributed by atoms with E-state index >= 15 is 0 Å². The second kappa shape index (κ2) is 15.8. The first-order chi connectivity index (χ1) is 26.3. The third-order valence-electron chi connectivity index (χ3n) is 10.1. The van der Waals surface area contributed by atoms with Crippen molar-refractivity contribution in [1.29, 1.82) is 0 Å². The van der Waals surface area contributed by atoms with Crippen LogP contribution in [0.4, 0.5) is 0 Å². The van der Waals surface area contributed by atoms with Crippen LogP contribution in [0.2, 0.25) is 0 Å². The normalized spacial score (nSPS) is 17.8. The van der Waals surface area contributed by atoms with E-state index in [4.69, 9.17) is 14.2 Å². The van der Waals surface area contributed by atoms with E-state index in [2.05, 4.69) is 43.2 Å². The Morgan fingerprint density at radius 2 is 1.46 bits per heavy atom. The minimum atomic E-state index is -0.626. The molecule has 2 N–H and O–H groups in total. The predicted octanol–water partition coefficient (Wildman–Crippen LogP) is 6.67. The first-order valence-electron chi connectivity index (χ1n) is 18.0. The molecule has 0 aliphatic carbocycles. The van der Waals surface area contributed by atoms with Gasteiger partial charge in [0.15, 0.2) is 5.75 Å². The van der Waals surface area contributed by atoms with Crippen LogP contribution in [0.3, 0.4) is 0 Å². The average molecular weight is 812 g/mol. The Balaban J connectivity index is 0.769. The molecule has 0 bridgehead atoms. The number of phenols is 1. The lowest BCUT2D eigenvalue weighted by Gasteiger charge is -2.34. The molecule has 2 fully saturated rings. The summed E-state index contributed by atoms with van der Waals surface area (Å²) >= 11 is 5.10. The molecule has 3 aliphatic rings. The lowest BCUT2D eigenvalue weighted by molar-refractivity contribution is -0.136. The van der Waals surface area contributed by atoms with Gasteiger partial charge in [-0.3, -0.25) is 29.5 Å². The Morgan fingerprint density at radius 3 is 2.17 bits per heavy atom. The zero-order valence-corrected chi connectivity index (χ0v) is 31.9. The maximum atomic E-state index is 13.0. The topological polar surface area (TPSA) is 121 Å². The molecule has 13 heteroatoms. The summed E-state index contributed by atoms with van der Waals surface area (Å²) in [7, 11) is 0. The summed E-state index contributed by atoms with van der Waals surface area (Å²) in [5.74, 6) is 2.29. The van der Waals surface area contributed by atoms with Crippen LogP contribution in [0.5, 0.6) is 28.7 Å². The van der Waals surface area contributed by atoms with Crippen LogP contribution in [0.25, 0.3) is 20.5 Å². The van der Waals surface area contributed by atoms with Gasteiger partial charge in [0.2, 0.25) is 11.8 Å². The lowest BCUT2D eigenvalue weighted by atomic mass is 10.0. The van der Waals surface area contributed by atoms with Gasteiger partial charge >= 0.3 is 0 Å². The van der Waals surface area contributed by atoms with Gasteiger partial charge in [-0.2, -0.15) is 0 Å². The summed E-state index contributed by atoms with van der Waals surface area (Å²) in [6, 6.07) is 26.0. The number of piperazine rings is 1. The van der Waals surface area contributed by atoms with E-state index in [1.165, 1.54) is 0 Å². The third-order valence-corrected chi connectivity index (χ3v) is 11.8. The van der Waals surface area contributed by atoms with Crippen molar-refractivity contribution in [3.05, 3.63) is 101 Å². The number of imide groups is 1. The highest BCUT2D eigenvalue weighted by molar-refractivity contribution is 9.10. The highest BCUT2D eigenvalue weighted by Gasteiger charge is 2.39. The van der Waals surface area contributed by atoms with Gasteiger partial charge < -0.3 is 24.2 Å². The number of halogens is 1. The van der Waals surface area contributed by atoms with E-state index in [-0.39, 0.29) is 24.0 Å². The number of fused-ring (bicyclic) bond motifs is 2. The predicted molar refractivity (Wildman–Crippen MR) is 209 cm³/mol. The second-order valence-corrected chi connectivity index (χ2v) is 15.6. The summed E-state index contributed by atoms with van der Waals surface area (Å²) < 4.78 is 20.6. The van der Waals surface area contributed by atoms with Crippen molar-refractivity contribution in [2.24, 2.45) is 0 Å². The molecule has 8 rings (SSSR count). The van der Waals surface area contributed by atoms with Gasteiger partial charge in [-0.05, 0) is 90.3 Å². The van der Waals surface area contributed by atoms with Gasteiger partial charge in [0, 0.05) is 72.4 Å². The number of hydrogen-bond acceptors (Lipinski definition) is 10. The number of phenolic OH excluding ortho intramolecular Hbond substituents is 1. The van der Waals surface area contributed by atoms with Crippen molar-refractivity contribution in [3.8, 4) is 39.2 Å². The third kappa shape index (κ3) is 7.95. The Hall–Kier alpha value is -4.95. The molecule has 5 aromatic rings. The molecule has 1 atom stereocenters. The van der Waals surface area contributed by atoms with Crippen molar-refractivity contribution >= 4 is 55.1 Å². The van der Waals surface area contributed by atoms with Crippen molar-refractivity contribution in [3.63, 3.8) is 0 Å². The molecule has 0 saturated carbocycles. The monoisotopic (exact) mass is 810 g/mol. The van der Waals surface area contributed by atoms with Crippen molar-refractivity contribution in [2.45, 2.75) is 25.4 Å². The summed E-state index contributed by atoms with van der Waals surface area (Å²) in [5.41, 5.74) is 2.46. The molecular formula is C41H39BrN4O7S. The minimum Gasteiger partial charge on any atom is -0.508 e. The highest BCUT2D eigenvalue weighted by Crippen LogP contribution is 2.47. The van der Waals surface area contributed by atoms with E-state index < -0.39 is 11.9 Å². The lowest BCUT2D eigenvalue weighted by Crippen LogP contribution is -2.52. The van der Waals surface area contributed by atoms with Gasteiger partial charge in [0.1, 0.15) is 42.3 Å². The number of ether oxygens (including phenoxy) is 3. The number of carbonyl (C=O) groups excluding carboxylic acids is 3. The fourth-order valence-corrected chi connectivity index (χ4v) is 8.57. The number of nitrogens with zero attached hydrogens (tertiary/aromatic N) is 3. The maximum Gasteiger partial charge on any atom is 0.255 e. The second-order valence-electron chi connectivity index (χ2n) is 13.6. The van der Waals surface area contributed by atoms with Gasteiger partial charge in [-0.1, -0.05) is 28.1 Å². The van der Waals surface area contributed by atoms with Crippen LogP contribution in [0.1, 0.15) is 28.8 Å². The zero-order chi connectivity index (χ0) is 37.2.